The number of rotatable bonds is 5. The normalized spacial score (nSPS) is 10.2. The lowest BCUT2D eigenvalue weighted by Gasteiger charge is -2.10. The lowest BCUT2D eigenvalue weighted by Crippen LogP contribution is -2.14. The fourth-order valence-corrected chi connectivity index (χ4v) is 2.53. The summed E-state index contributed by atoms with van der Waals surface area (Å²) in [6.45, 7) is 0. The predicted octanol–water partition coefficient (Wildman–Crippen LogP) is 4.24. The third-order valence-electron chi connectivity index (χ3n) is 3.38. The van der Waals surface area contributed by atoms with Crippen molar-refractivity contribution in [1.82, 2.24) is 9.97 Å². The Morgan fingerprint density at radius 2 is 1.72 bits per heavy atom. The summed E-state index contributed by atoms with van der Waals surface area (Å²) in [5, 5.41) is 5.90. The van der Waals surface area contributed by atoms with Gasteiger partial charge in [0.1, 0.15) is 17.3 Å². The number of amides is 1. The van der Waals surface area contributed by atoms with Gasteiger partial charge in [0.2, 0.25) is 0 Å². The van der Waals surface area contributed by atoms with Gasteiger partial charge in [0.25, 0.3) is 5.91 Å². The summed E-state index contributed by atoms with van der Waals surface area (Å²) in [4.78, 5) is 20.7. The van der Waals surface area contributed by atoms with E-state index >= 15 is 0 Å². The molecule has 3 aromatic rings. The number of para-hydroxylation sites is 3. The van der Waals surface area contributed by atoms with E-state index in [9.17, 15) is 4.79 Å². The molecule has 2 N–H and O–H groups in total. The van der Waals surface area contributed by atoms with E-state index in [1.165, 1.54) is 12.4 Å². The van der Waals surface area contributed by atoms with Gasteiger partial charge >= 0.3 is 0 Å². The standard InChI is InChI=1S/C18H15BrN4O2/c1-25-16-9-5-4-8-14(16)22-17-11-20-15(10-21-17)18(24)23-13-7-3-2-6-12(13)19/h2-11H,1H3,(H,21,22)(H,23,24). The summed E-state index contributed by atoms with van der Waals surface area (Å²) in [5.74, 6) is 0.880. The Bertz CT molecular complexity index is 884. The van der Waals surface area contributed by atoms with E-state index in [1.54, 1.807) is 13.2 Å². The number of halogens is 1. The van der Waals surface area contributed by atoms with Gasteiger partial charge in [-0.25, -0.2) is 9.97 Å². The first-order valence-corrected chi connectivity index (χ1v) is 8.24. The zero-order valence-corrected chi connectivity index (χ0v) is 14.9. The second-order valence-electron chi connectivity index (χ2n) is 5.05. The zero-order chi connectivity index (χ0) is 17.6. The molecular weight excluding hydrogens is 384 g/mol. The number of hydrogen-bond donors (Lipinski definition) is 2. The molecule has 0 aliphatic carbocycles. The summed E-state index contributed by atoms with van der Waals surface area (Å²) in [6, 6.07) is 14.8. The maximum Gasteiger partial charge on any atom is 0.275 e. The Morgan fingerprint density at radius 1 is 1.00 bits per heavy atom. The monoisotopic (exact) mass is 398 g/mol. The number of hydrogen-bond acceptors (Lipinski definition) is 5. The molecule has 7 heteroatoms. The number of ether oxygens (including phenoxy) is 1. The highest BCUT2D eigenvalue weighted by atomic mass is 79.9. The van der Waals surface area contributed by atoms with E-state index in [4.69, 9.17) is 4.74 Å². The van der Waals surface area contributed by atoms with Gasteiger partial charge in [-0.05, 0) is 40.2 Å². The molecule has 0 unspecified atom stereocenters. The molecule has 1 heterocycles. The number of methoxy groups -OCH3 is 1. The number of benzene rings is 2. The van der Waals surface area contributed by atoms with Crippen molar-refractivity contribution in [3.05, 3.63) is 71.1 Å². The van der Waals surface area contributed by atoms with E-state index in [0.717, 1.165) is 10.2 Å². The zero-order valence-electron chi connectivity index (χ0n) is 13.4. The van der Waals surface area contributed by atoms with Gasteiger partial charge in [0.15, 0.2) is 0 Å². The second-order valence-corrected chi connectivity index (χ2v) is 5.90. The molecule has 1 aromatic heterocycles. The van der Waals surface area contributed by atoms with E-state index in [1.807, 2.05) is 42.5 Å². The molecule has 0 saturated heterocycles. The molecule has 126 valence electrons. The highest BCUT2D eigenvalue weighted by Crippen LogP contribution is 2.26. The van der Waals surface area contributed by atoms with Crippen LogP contribution in [0.4, 0.5) is 17.2 Å². The average Bonchev–Trinajstić information content (AvgIpc) is 2.64. The van der Waals surface area contributed by atoms with Crippen molar-refractivity contribution in [2.45, 2.75) is 0 Å². The average molecular weight is 399 g/mol. The Balaban J connectivity index is 1.72. The largest absolute Gasteiger partial charge is 0.495 e. The van der Waals surface area contributed by atoms with Crippen molar-refractivity contribution < 1.29 is 9.53 Å². The van der Waals surface area contributed by atoms with Crippen LogP contribution < -0.4 is 15.4 Å². The van der Waals surface area contributed by atoms with Gasteiger partial charge in [-0.1, -0.05) is 24.3 Å². The van der Waals surface area contributed by atoms with E-state index in [-0.39, 0.29) is 11.6 Å². The minimum atomic E-state index is -0.330. The molecule has 3 rings (SSSR count). The first-order valence-electron chi connectivity index (χ1n) is 7.45. The van der Waals surface area contributed by atoms with Crippen LogP contribution in [0, 0.1) is 0 Å². The summed E-state index contributed by atoms with van der Waals surface area (Å²) in [7, 11) is 1.60. The summed E-state index contributed by atoms with van der Waals surface area (Å²) in [6.07, 6.45) is 2.92. The van der Waals surface area contributed by atoms with Gasteiger partial charge in [-0.15, -0.1) is 0 Å². The number of carbonyl (C=O) groups is 1. The molecule has 25 heavy (non-hydrogen) atoms. The van der Waals surface area contributed by atoms with Gasteiger partial charge in [-0.2, -0.15) is 0 Å². The van der Waals surface area contributed by atoms with Crippen molar-refractivity contribution in [1.29, 1.82) is 0 Å². The van der Waals surface area contributed by atoms with Crippen molar-refractivity contribution in [2.75, 3.05) is 17.7 Å². The van der Waals surface area contributed by atoms with Crippen LogP contribution in [0.25, 0.3) is 0 Å². The first kappa shape index (κ1) is 16.9. The van der Waals surface area contributed by atoms with E-state index < -0.39 is 0 Å². The lowest BCUT2D eigenvalue weighted by molar-refractivity contribution is 0.102. The third kappa shape index (κ3) is 4.13. The first-order chi connectivity index (χ1) is 12.2. The van der Waals surface area contributed by atoms with Gasteiger partial charge in [0.05, 0.1) is 30.9 Å². The Morgan fingerprint density at radius 3 is 2.40 bits per heavy atom. The van der Waals surface area contributed by atoms with E-state index in [2.05, 4.69) is 36.5 Å². The lowest BCUT2D eigenvalue weighted by atomic mass is 10.3. The fourth-order valence-electron chi connectivity index (χ4n) is 2.14. The molecule has 0 spiro atoms. The fraction of sp³-hybridized carbons (Fsp3) is 0.0556. The molecule has 0 bridgehead atoms. The number of nitrogens with one attached hydrogen (secondary N) is 2. The minimum Gasteiger partial charge on any atom is -0.495 e. The van der Waals surface area contributed by atoms with E-state index in [0.29, 0.717) is 17.3 Å². The van der Waals surface area contributed by atoms with Crippen LogP contribution in [0.15, 0.2) is 65.4 Å². The van der Waals surface area contributed by atoms with Crippen molar-refractivity contribution >= 4 is 39.0 Å². The van der Waals surface area contributed by atoms with Crippen LogP contribution >= 0.6 is 15.9 Å². The molecular formula is C18H15BrN4O2. The van der Waals surface area contributed by atoms with Crippen molar-refractivity contribution in [3.63, 3.8) is 0 Å². The van der Waals surface area contributed by atoms with Gasteiger partial charge in [-0.3, -0.25) is 4.79 Å². The maximum atomic E-state index is 12.3. The van der Waals surface area contributed by atoms with Crippen molar-refractivity contribution in [3.8, 4) is 5.75 Å². The molecule has 0 atom stereocenters. The molecule has 2 aromatic carbocycles. The van der Waals surface area contributed by atoms with Crippen LogP contribution in [-0.2, 0) is 0 Å². The molecule has 0 radical (unpaired) electrons. The quantitative estimate of drug-likeness (QED) is 0.671. The summed E-state index contributed by atoms with van der Waals surface area (Å²) >= 11 is 3.39. The smallest absolute Gasteiger partial charge is 0.275 e. The maximum absolute atomic E-state index is 12.3. The third-order valence-corrected chi connectivity index (χ3v) is 4.07. The van der Waals surface area contributed by atoms with Crippen LogP contribution in [-0.4, -0.2) is 23.0 Å². The number of nitrogens with zero attached hydrogens (tertiary/aromatic N) is 2. The van der Waals surface area contributed by atoms with Crippen LogP contribution in [0.1, 0.15) is 10.5 Å². The molecule has 0 saturated carbocycles. The number of carbonyl (C=O) groups excluding carboxylic acids is 1. The number of anilines is 3. The molecule has 0 aliphatic heterocycles. The topological polar surface area (TPSA) is 76.1 Å². The molecule has 6 nitrogen and oxygen atoms in total. The highest BCUT2D eigenvalue weighted by Gasteiger charge is 2.10. The second kappa shape index (κ2) is 7.76. The Labute approximate surface area is 153 Å². The minimum absolute atomic E-state index is 0.223. The molecule has 0 fully saturated rings. The molecule has 1 amide bonds. The Hall–Kier alpha value is -2.93. The Kier molecular flexibility index (Phi) is 5.25. The van der Waals surface area contributed by atoms with Crippen LogP contribution in [0.3, 0.4) is 0 Å². The van der Waals surface area contributed by atoms with Crippen LogP contribution in [0.5, 0.6) is 5.75 Å². The SMILES string of the molecule is COc1ccccc1Nc1cnc(C(=O)Nc2ccccc2Br)cn1. The number of aromatic nitrogens is 2. The molecule has 0 aliphatic rings. The summed E-state index contributed by atoms with van der Waals surface area (Å²) < 4.78 is 6.07. The van der Waals surface area contributed by atoms with Gasteiger partial charge < -0.3 is 15.4 Å². The van der Waals surface area contributed by atoms with Crippen molar-refractivity contribution in [2.24, 2.45) is 0 Å². The van der Waals surface area contributed by atoms with Gasteiger partial charge in [0, 0.05) is 4.47 Å². The summed E-state index contributed by atoms with van der Waals surface area (Å²) in [5.41, 5.74) is 1.66. The van der Waals surface area contributed by atoms with Crippen LogP contribution in [0.2, 0.25) is 0 Å². The predicted molar refractivity (Wildman–Crippen MR) is 100 cm³/mol. The highest BCUT2D eigenvalue weighted by molar-refractivity contribution is 9.10.